The Hall–Kier alpha value is -3.57. The third-order valence-corrected chi connectivity index (χ3v) is 3.72. The topological polar surface area (TPSA) is 84.3 Å². The van der Waals surface area contributed by atoms with Gasteiger partial charge in [0.1, 0.15) is 5.56 Å². The van der Waals surface area contributed by atoms with Crippen molar-refractivity contribution in [3.8, 4) is 0 Å². The van der Waals surface area contributed by atoms with Crippen LogP contribution in [0.15, 0.2) is 48.7 Å². The number of nitrogens with zero attached hydrogens (tertiary/aromatic N) is 1. The number of nitro benzene ring substituents is 1. The lowest BCUT2D eigenvalue weighted by Crippen LogP contribution is -2.31. The van der Waals surface area contributed by atoms with Gasteiger partial charge >= 0.3 is 18.4 Å². The van der Waals surface area contributed by atoms with Crippen molar-refractivity contribution >= 4 is 17.8 Å². The molecule has 0 bridgehead atoms. The third-order valence-electron chi connectivity index (χ3n) is 3.72. The zero-order valence-corrected chi connectivity index (χ0v) is 14.8. The zero-order valence-electron chi connectivity index (χ0n) is 14.8. The minimum absolute atomic E-state index is 0.0638. The van der Waals surface area contributed by atoms with E-state index in [0.717, 1.165) is 30.5 Å². The predicted molar refractivity (Wildman–Crippen MR) is 93.9 cm³/mol. The molecule has 0 fully saturated rings. The summed E-state index contributed by atoms with van der Waals surface area (Å²) in [4.78, 5) is 21.2. The van der Waals surface area contributed by atoms with Crippen LogP contribution >= 0.6 is 0 Å². The maximum absolute atomic E-state index is 12.9. The second-order valence-corrected chi connectivity index (χ2v) is 5.89. The highest BCUT2D eigenvalue weighted by Gasteiger charge is 2.38. The van der Waals surface area contributed by atoms with Gasteiger partial charge in [-0.1, -0.05) is 12.1 Å². The smallest absolute Gasteiger partial charge is 0.334 e. The molecule has 0 heterocycles. The average Bonchev–Trinajstić information content (AvgIpc) is 2.65. The average molecular weight is 433 g/mol. The van der Waals surface area contributed by atoms with Crippen LogP contribution in [0.1, 0.15) is 22.3 Å². The van der Waals surface area contributed by atoms with Gasteiger partial charge in [0, 0.05) is 18.8 Å². The lowest BCUT2D eigenvalue weighted by atomic mass is 10.1. The molecule has 2 N–H and O–H groups in total. The molecule has 0 aliphatic rings. The standard InChI is InChI=1S/C18H13F6N3O3/c19-17(20,21)13-3-1-2-12(8-13)10-26-16(28)25-7-6-11-4-5-15(27(29)30)14(9-11)18(22,23)24/h1-9H,10H2,(H2,25,26,28)/b7-6+. The number of hydrogen-bond acceptors (Lipinski definition) is 3. The molecular weight excluding hydrogens is 420 g/mol. The molecular formula is C18H13F6N3O3. The Morgan fingerprint density at radius 3 is 2.33 bits per heavy atom. The molecule has 0 unspecified atom stereocenters. The van der Waals surface area contributed by atoms with Gasteiger partial charge < -0.3 is 10.6 Å². The highest BCUT2D eigenvalue weighted by molar-refractivity contribution is 5.76. The van der Waals surface area contributed by atoms with Crippen molar-refractivity contribution in [3.05, 3.63) is 81.0 Å². The van der Waals surface area contributed by atoms with E-state index in [9.17, 15) is 41.3 Å². The van der Waals surface area contributed by atoms with Gasteiger partial charge in [-0.2, -0.15) is 26.3 Å². The van der Waals surface area contributed by atoms with Crippen LogP contribution in [0.4, 0.5) is 36.8 Å². The Bertz CT molecular complexity index is 970. The summed E-state index contributed by atoms with van der Waals surface area (Å²) < 4.78 is 76.7. The van der Waals surface area contributed by atoms with Crippen LogP contribution in [0.25, 0.3) is 6.08 Å². The number of carbonyl (C=O) groups is 1. The number of rotatable bonds is 5. The van der Waals surface area contributed by atoms with Crippen LogP contribution in [0.5, 0.6) is 0 Å². The fraction of sp³-hybridized carbons (Fsp3) is 0.167. The van der Waals surface area contributed by atoms with Gasteiger partial charge in [0.2, 0.25) is 0 Å². The zero-order chi connectivity index (χ0) is 22.5. The second-order valence-electron chi connectivity index (χ2n) is 5.89. The molecule has 0 atom stereocenters. The lowest BCUT2D eigenvalue weighted by Gasteiger charge is -2.09. The van der Waals surface area contributed by atoms with E-state index < -0.39 is 40.1 Å². The molecule has 0 saturated carbocycles. The summed E-state index contributed by atoms with van der Waals surface area (Å²) in [6.07, 6.45) is -7.41. The fourth-order valence-electron chi connectivity index (χ4n) is 2.35. The van der Waals surface area contributed by atoms with Crippen molar-refractivity contribution < 1.29 is 36.1 Å². The Balaban J connectivity index is 1.99. The lowest BCUT2D eigenvalue weighted by molar-refractivity contribution is -0.388. The molecule has 0 radical (unpaired) electrons. The van der Waals surface area contributed by atoms with E-state index >= 15 is 0 Å². The molecule has 2 amide bonds. The number of alkyl halides is 6. The largest absolute Gasteiger partial charge is 0.423 e. The summed E-state index contributed by atoms with van der Waals surface area (Å²) in [5.41, 5.74) is -3.30. The summed E-state index contributed by atoms with van der Waals surface area (Å²) in [6.45, 7) is -0.223. The summed E-state index contributed by atoms with van der Waals surface area (Å²) in [5, 5.41) is 15.2. The van der Waals surface area contributed by atoms with Crippen LogP contribution in [-0.2, 0) is 18.9 Å². The first-order chi connectivity index (χ1) is 13.9. The first-order valence-electron chi connectivity index (χ1n) is 8.10. The van der Waals surface area contributed by atoms with Gasteiger partial charge in [0.25, 0.3) is 5.69 Å². The Labute approximate surface area is 165 Å². The number of nitro groups is 1. The van der Waals surface area contributed by atoms with Crippen LogP contribution in [0, 0.1) is 10.1 Å². The Kier molecular flexibility index (Phi) is 6.70. The van der Waals surface area contributed by atoms with Crippen molar-refractivity contribution in [2.75, 3.05) is 0 Å². The van der Waals surface area contributed by atoms with Gasteiger partial charge in [-0.25, -0.2) is 4.79 Å². The number of amides is 2. The molecule has 2 aromatic rings. The number of carbonyl (C=O) groups excluding carboxylic acids is 1. The maximum atomic E-state index is 12.9. The van der Waals surface area contributed by atoms with Gasteiger partial charge in [-0.05, 0) is 41.5 Å². The molecule has 6 nitrogen and oxygen atoms in total. The highest BCUT2D eigenvalue weighted by Crippen LogP contribution is 2.36. The molecule has 0 aromatic heterocycles. The third kappa shape index (κ3) is 6.22. The van der Waals surface area contributed by atoms with E-state index in [1.54, 1.807) is 0 Å². The van der Waals surface area contributed by atoms with Crippen molar-refractivity contribution in [3.63, 3.8) is 0 Å². The SMILES string of the molecule is O=C(N/C=C/c1ccc([N+](=O)[O-])c(C(F)(F)F)c1)NCc1cccc(C(F)(F)F)c1. The molecule has 2 aromatic carbocycles. The molecule has 2 rings (SSSR count). The summed E-state index contributed by atoms with van der Waals surface area (Å²) in [7, 11) is 0. The van der Waals surface area contributed by atoms with Gasteiger partial charge in [-0.3, -0.25) is 10.1 Å². The van der Waals surface area contributed by atoms with Crippen molar-refractivity contribution in [1.82, 2.24) is 10.6 Å². The predicted octanol–water partition coefficient (Wildman–Crippen LogP) is 5.10. The number of urea groups is 1. The molecule has 0 aliphatic heterocycles. The fourth-order valence-corrected chi connectivity index (χ4v) is 2.35. The minimum atomic E-state index is -4.94. The molecule has 0 saturated heterocycles. The van der Waals surface area contributed by atoms with E-state index in [0.29, 0.717) is 12.1 Å². The molecule has 160 valence electrons. The van der Waals surface area contributed by atoms with E-state index in [1.807, 2.05) is 0 Å². The number of halogens is 6. The molecule has 0 spiro atoms. The number of benzene rings is 2. The summed E-state index contributed by atoms with van der Waals surface area (Å²) >= 11 is 0. The monoisotopic (exact) mass is 433 g/mol. The van der Waals surface area contributed by atoms with Crippen LogP contribution in [0.3, 0.4) is 0 Å². The first kappa shape index (κ1) is 22.7. The normalized spacial score (nSPS) is 12.1. The number of nitrogens with one attached hydrogen (secondary N) is 2. The second kappa shape index (κ2) is 8.84. The van der Waals surface area contributed by atoms with Crippen molar-refractivity contribution in [2.24, 2.45) is 0 Å². The van der Waals surface area contributed by atoms with Crippen molar-refractivity contribution in [1.29, 1.82) is 0 Å². The Morgan fingerprint density at radius 2 is 1.73 bits per heavy atom. The van der Waals surface area contributed by atoms with Crippen LogP contribution in [0.2, 0.25) is 0 Å². The van der Waals surface area contributed by atoms with Crippen molar-refractivity contribution in [2.45, 2.75) is 18.9 Å². The summed E-state index contributed by atoms with van der Waals surface area (Å²) in [5.74, 6) is 0. The van der Waals surface area contributed by atoms with Gasteiger partial charge in [0.15, 0.2) is 0 Å². The number of hydrogen-bond donors (Lipinski definition) is 2. The highest BCUT2D eigenvalue weighted by atomic mass is 19.4. The minimum Gasteiger partial charge on any atom is -0.334 e. The quantitative estimate of drug-likeness (QED) is 0.391. The first-order valence-corrected chi connectivity index (χ1v) is 8.10. The van der Waals surface area contributed by atoms with Gasteiger partial charge in [0.05, 0.1) is 10.5 Å². The maximum Gasteiger partial charge on any atom is 0.423 e. The molecule has 30 heavy (non-hydrogen) atoms. The van der Waals surface area contributed by atoms with E-state index in [4.69, 9.17) is 0 Å². The van der Waals surface area contributed by atoms with Gasteiger partial charge in [-0.15, -0.1) is 0 Å². The molecule has 12 heteroatoms. The van der Waals surface area contributed by atoms with E-state index in [1.165, 1.54) is 12.1 Å². The molecule has 0 aliphatic carbocycles. The van der Waals surface area contributed by atoms with Crippen LogP contribution in [-0.4, -0.2) is 11.0 Å². The van der Waals surface area contributed by atoms with E-state index in [2.05, 4.69) is 10.6 Å². The Morgan fingerprint density at radius 1 is 1.03 bits per heavy atom. The van der Waals surface area contributed by atoms with E-state index in [-0.39, 0.29) is 17.7 Å². The summed E-state index contributed by atoms with van der Waals surface area (Å²) in [6, 6.07) is 5.80. The van der Waals surface area contributed by atoms with Crippen LogP contribution < -0.4 is 10.6 Å².